The third-order valence-electron chi connectivity index (χ3n) is 3.99. The van der Waals surface area contributed by atoms with Crippen LogP contribution in [0.2, 0.25) is 0 Å². The van der Waals surface area contributed by atoms with Crippen LogP contribution in [0, 0.1) is 12.7 Å². The minimum atomic E-state index is -0.249. The van der Waals surface area contributed by atoms with Gasteiger partial charge in [0.05, 0.1) is 5.69 Å². The predicted molar refractivity (Wildman–Crippen MR) is 92.8 cm³/mol. The van der Waals surface area contributed by atoms with Gasteiger partial charge < -0.3 is 4.42 Å². The van der Waals surface area contributed by atoms with Crippen LogP contribution in [0.1, 0.15) is 23.0 Å². The van der Waals surface area contributed by atoms with Crippen molar-refractivity contribution in [3.63, 3.8) is 0 Å². The lowest BCUT2D eigenvalue weighted by atomic mass is 10.1. The number of hydrogen-bond acceptors (Lipinski definition) is 5. The van der Waals surface area contributed by atoms with Gasteiger partial charge in [-0.25, -0.2) is 4.39 Å². The molecule has 3 aromatic heterocycles. The molecule has 0 aliphatic heterocycles. The summed E-state index contributed by atoms with van der Waals surface area (Å²) in [5, 5.41) is 12.6. The first-order valence-electron chi connectivity index (χ1n) is 8.18. The zero-order valence-corrected chi connectivity index (χ0v) is 14.1. The third-order valence-corrected chi connectivity index (χ3v) is 3.99. The first-order chi connectivity index (χ1) is 12.7. The Morgan fingerprint density at radius 3 is 2.50 bits per heavy atom. The summed E-state index contributed by atoms with van der Waals surface area (Å²) in [6, 6.07) is 12.3. The second kappa shape index (κ2) is 6.87. The highest BCUT2D eigenvalue weighted by Gasteiger charge is 2.13. The van der Waals surface area contributed by atoms with E-state index in [2.05, 4.69) is 20.3 Å². The van der Waals surface area contributed by atoms with Crippen molar-refractivity contribution in [2.24, 2.45) is 0 Å². The highest BCUT2D eigenvalue weighted by molar-refractivity contribution is 5.58. The summed E-state index contributed by atoms with van der Waals surface area (Å²) in [7, 11) is 0. The van der Waals surface area contributed by atoms with Gasteiger partial charge in [0.25, 0.3) is 0 Å². The van der Waals surface area contributed by atoms with Crippen LogP contribution in [-0.2, 0) is 13.0 Å². The van der Waals surface area contributed by atoms with Gasteiger partial charge in [-0.05, 0) is 35.9 Å². The Labute approximate surface area is 149 Å². The van der Waals surface area contributed by atoms with Gasteiger partial charge in [-0.15, -0.1) is 10.2 Å². The van der Waals surface area contributed by atoms with Crippen LogP contribution in [0.15, 0.2) is 59.3 Å². The van der Waals surface area contributed by atoms with Crippen LogP contribution in [0.4, 0.5) is 4.39 Å². The summed E-state index contributed by atoms with van der Waals surface area (Å²) in [6.07, 6.45) is 4.08. The van der Waals surface area contributed by atoms with E-state index < -0.39 is 0 Å². The molecular weight excluding hydrogens is 333 g/mol. The summed E-state index contributed by atoms with van der Waals surface area (Å²) in [5.74, 6) is 0.759. The highest BCUT2D eigenvalue weighted by Crippen LogP contribution is 2.21. The van der Waals surface area contributed by atoms with Crippen molar-refractivity contribution in [1.82, 2.24) is 25.0 Å². The normalized spacial score (nSPS) is 11.0. The van der Waals surface area contributed by atoms with E-state index in [0.29, 0.717) is 24.7 Å². The van der Waals surface area contributed by atoms with Gasteiger partial charge in [-0.1, -0.05) is 12.1 Å². The summed E-state index contributed by atoms with van der Waals surface area (Å²) in [5.41, 5.74) is 3.77. The van der Waals surface area contributed by atoms with Gasteiger partial charge >= 0.3 is 0 Å². The first kappa shape index (κ1) is 16.1. The highest BCUT2D eigenvalue weighted by atomic mass is 19.1. The summed E-state index contributed by atoms with van der Waals surface area (Å²) in [4.78, 5) is 4.04. The van der Waals surface area contributed by atoms with Crippen LogP contribution in [0.3, 0.4) is 0 Å². The van der Waals surface area contributed by atoms with Crippen LogP contribution >= 0.6 is 0 Å². The number of hydrogen-bond donors (Lipinski definition) is 0. The van der Waals surface area contributed by atoms with E-state index in [0.717, 1.165) is 22.5 Å². The number of rotatable bonds is 5. The van der Waals surface area contributed by atoms with E-state index in [-0.39, 0.29) is 5.82 Å². The van der Waals surface area contributed by atoms with E-state index in [4.69, 9.17) is 4.42 Å². The van der Waals surface area contributed by atoms with Crippen molar-refractivity contribution >= 4 is 0 Å². The maximum Gasteiger partial charge on any atom is 0.237 e. The standard InChI is InChI=1S/C19H16FN5O/c1-13-22-23-19(26-13)12-25-17(10-14-2-4-16(20)5-3-14)11-18(24-25)15-6-8-21-9-7-15/h2-9,11H,10,12H2,1H3. The molecule has 0 fully saturated rings. The topological polar surface area (TPSA) is 69.6 Å². The molecule has 26 heavy (non-hydrogen) atoms. The molecule has 0 unspecified atom stereocenters. The number of benzene rings is 1. The minimum Gasteiger partial charge on any atom is -0.424 e. The SMILES string of the molecule is Cc1nnc(Cn2nc(-c3ccncc3)cc2Cc2ccc(F)cc2)o1. The van der Waals surface area contributed by atoms with E-state index in [1.54, 1.807) is 31.5 Å². The zero-order chi connectivity index (χ0) is 17.9. The average Bonchev–Trinajstić information content (AvgIpc) is 3.24. The molecule has 0 bridgehead atoms. The lowest BCUT2D eigenvalue weighted by Gasteiger charge is -2.05. The third kappa shape index (κ3) is 3.51. The fourth-order valence-corrected chi connectivity index (χ4v) is 2.74. The van der Waals surface area contributed by atoms with E-state index in [1.165, 1.54) is 12.1 Å². The molecule has 3 heterocycles. The maximum atomic E-state index is 13.2. The second-order valence-corrected chi connectivity index (χ2v) is 5.93. The summed E-state index contributed by atoms with van der Waals surface area (Å²) >= 11 is 0. The van der Waals surface area contributed by atoms with E-state index >= 15 is 0 Å². The molecule has 4 rings (SSSR count). The number of halogens is 1. The lowest BCUT2D eigenvalue weighted by Crippen LogP contribution is -2.07. The van der Waals surface area contributed by atoms with Gasteiger partial charge in [0, 0.05) is 37.0 Å². The van der Waals surface area contributed by atoms with Crippen molar-refractivity contribution in [2.75, 3.05) is 0 Å². The Morgan fingerprint density at radius 1 is 1.04 bits per heavy atom. The predicted octanol–water partition coefficient (Wildman–Crippen LogP) is 3.41. The van der Waals surface area contributed by atoms with Crippen LogP contribution in [0.25, 0.3) is 11.3 Å². The average molecular weight is 349 g/mol. The Hall–Kier alpha value is -3.35. The van der Waals surface area contributed by atoms with Gasteiger partial charge in [-0.2, -0.15) is 5.10 Å². The number of aryl methyl sites for hydroxylation is 1. The van der Waals surface area contributed by atoms with Crippen LogP contribution < -0.4 is 0 Å². The molecule has 0 saturated heterocycles. The maximum absolute atomic E-state index is 13.2. The Bertz CT molecular complexity index is 1010. The summed E-state index contributed by atoms with van der Waals surface area (Å²) < 4.78 is 20.5. The molecule has 0 radical (unpaired) electrons. The number of aromatic nitrogens is 5. The molecule has 0 amide bonds. The van der Waals surface area contributed by atoms with E-state index in [9.17, 15) is 4.39 Å². The molecule has 4 aromatic rings. The summed E-state index contributed by atoms with van der Waals surface area (Å²) in [6.45, 7) is 2.13. The quantitative estimate of drug-likeness (QED) is 0.552. The second-order valence-electron chi connectivity index (χ2n) is 5.93. The number of nitrogens with zero attached hydrogens (tertiary/aromatic N) is 5. The molecule has 7 heteroatoms. The van der Waals surface area contributed by atoms with E-state index in [1.807, 2.05) is 22.9 Å². The van der Waals surface area contributed by atoms with Crippen LogP contribution in [-0.4, -0.2) is 25.0 Å². The number of pyridine rings is 1. The lowest BCUT2D eigenvalue weighted by molar-refractivity contribution is 0.441. The molecule has 1 aromatic carbocycles. The van der Waals surface area contributed by atoms with Gasteiger partial charge in [-0.3, -0.25) is 9.67 Å². The van der Waals surface area contributed by atoms with Gasteiger partial charge in [0.1, 0.15) is 12.4 Å². The molecule has 0 aliphatic carbocycles. The van der Waals surface area contributed by atoms with Crippen molar-refractivity contribution < 1.29 is 8.81 Å². The molecule has 0 spiro atoms. The molecular formula is C19H16FN5O. The fourth-order valence-electron chi connectivity index (χ4n) is 2.74. The van der Waals surface area contributed by atoms with Crippen molar-refractivity contribution in [1.29, 1.82) is 0 Å². The molecule has 0 atom stereocenters. The molecule has 0 saturated carbocycles. The zero-order valence-electron chi connectivity index (χ0n) is 14.1. The molecule has 130 valence electrons. The van der Waals surface area contributed by atoms with Crippen molar-refractivity contribution in [3.8, 4) is 11.3 Å². The minimum absolute atomic E-state index is 0.249. The Balaban J connectivity index is 1.69. The van der Waals surface area contributed by atoms with Crippen molar-refractivity contribution in [3.05, 3.63) is 83.7 Å². The monoisotopic (exact) mass is 349 g/mol. The Morgan fingerprint density at radius 2 is 1.81 bits per heavy atom. The van der Waals surface area contributed by atoms with Gasteiger partial charge in [0.2, 0.25) is 11.8 Å². The molecule has 0 N–H and O–H groups in total. The van der Waals surface area contributed by atoms with Crippen LogP contribution in [0.5, 0.6) is 0 Å². The smallest absolute Gasteiger partial charge is 0.237 e. The van der Waals surface area contributed by atoms with Gasteiger partial charge in [0.15, 0.2) is 0 Å². The van der Waals surface area contributed by atoms with Crippen molar-refractivity contribution in [2.45, 2.75) is 19.9 Å². The molecule has 6 nitrogen and oxygen atoms in total. The molecule has 0 aliphatic rings. The largest absolute Gasteiger partial charge is 0.424 e. The fraction of sp³-hybridized carbons (Fsp3) is 0.158. The Kier molecular flexibility index (Phi) is 4.27. The first-order valence-corrected chi connectivity index (χ1v) is 8.18.